The van der Waals surface area contributed by atoms with Crippen molar-refractivity contribution in [2.75, 3.05) is 38.9 Å². The third-order valence-electron chi connectivity index (χ3n) is 15.4. The van der Waals surface area contributed by atoms with Crippen molar-refractivity contribution in [3.8, 4) is 0 Å². The van der Waals surface area contributed by atoms with E-state index in [4.69, 9.17) is 64.1 Å². The van der Waals surface area contributed by atoms with Crippen molar-refractivity contribution in [1.82, 2.24) is 29.8 Å². The van der Waals surface area contributed by atoms with Gasteiger partial charge >= 0.3 is 159 Å². The minimum absolute atomic E-state index is 0. The van der Waals surface area contributed by atoms with Gasteiger partial charge in [0.05, 0.1) is 72.4 Å². The molecule has 8 rings (SSSR count). The molecule has 0 spiro atoms. The molecular weight excluding hydrogens is 1420 g/mol. The molecule has 5 aromatic rings. The number of rotatable bonds is 18. The van der Waals surface area contributed by atoms with Crippen molar-refractivity contribution in [3.05, 3.63) is 106 Å². The Bertz CT molecular complexity index is 2630. The van der Waals surface area contributed by atoms with E-state index in [2.05, 4.69) is 123 Å². The van der Waals surface area contributed by atoms with Crippen LogP contribution in [0.25, 0.3) is 0 Å². The van der Waals surface area contributed by atoms with Gasteiger partial charge in [-0.3, -0.25) is 23.6 Å². The molecule has 87 heavy (non-hydrogen) atoms. The molecule has 3 aliphatic rings. The molecule has 0 unspecified atom stereocenters. The predicted molar refractivity (Wildman–Crippen MR) is 340 cm³/mol. The molecule has 480 valence electrons. The molecule has 0 atom stereocenters. The molecule has 3 aromatic heterocycles. The summed E-state index contributed by atoms with van der Waals surface area (Å²) in [4.78, 5) is 11.2. The van der Waals surface area contributed by atoms with Crippen LogP contribution in [0.1, 0.15) is 165 Å². The number of aromatic amines is 1. The standard InChI is InChI=1S/C21H31BN2O3.C14H25BN2O3.C11H19BN2O2.C10H13BrO.C2H6O.CH3F.CH2O3.CH4.2Cs.H/c1-16-19(22-26-20(3,4)21(5,6)27-22)17(2)24(23-16)13-10-14-25-15-18-11-8-7-9-12-18;1-10-12(11(2)17(16-10)8-7-9-18)15-19-13(3,4)14(5,6)20-15;1-7-9(8(2)14-13-7)12-15-10(3,4)11(5,6)16-12;11-7-4-8-12-9-10-5-2-1-3-6-10;1-2-3;1-2;2-1-4-3;;;;/h7-9,11-12H,10,13-15H2,1-6H3;18H,7-9H2,1-6H3;1-6H3,(H,13,14);1-3,5-6H,4,7-9H2;3H,2H2,1H3;1H3;1,3H;1H4;;;/q;;;;;;;;2*+1;-1/p-1/i;;;;;1D;;;;;. The van der Waals surface area contributed by atoms with E-state index in [1.165, 1.54) is 11.1 Å². The van der Waals surface area contributed by atoms with Gasteiger partial charge in [0.15, 0.2) is 0 Å². The number of aliphatic hydroxyl groups is 2. The average Bonchev–Trinajstić information content (AvgIpc) is 1.77. The van der Waals surface area contributed by atoms with Gasteiger partial charge in [0.1, 0.15) is 0 Å². The van der Waals surface area contributed by atoms with Gasteiger partial charge in [0.2, 0.25) is 0 Å². The summed E-state index contributed by atoms with van der Waals surface area (Å²) in [7, 11) is -2.05. The molecule has 2 aromatic carbocycles. The fraction of sp³-hybridized carbons (Fsp3) is 0.639. The van der Waals surface area contributed by atoms with Gasteiger partial charge in [-0.1, -0.05) is 84.0 Å². The Morgan fingerprint density at radius 1 is 0.632 bits per heavy atom. The first-order valence-corrected chi connectivity index (χ1v) is 29.7. The summed E-state index contributed by atoms with van der Waals surface area (Å²) in [5.74, 6) is 0. The number of aliphatic hydroxyl groups excluding tert-OH is 2. The van der Waals surface area contributed by atoms with E-state index in [1.54, 1.807) is 6.92 Å². The normalized spacial score (nSPS) is 16.6. The number of hydrogen-bond acceptors (Lipinski definition) is 16. The van der Waals surface area contributed by atoms with Crippen molar-refractivity contribution in [2.24, 2.45) is 0 Å². The van der Waals surface area contributed by atoms with Crippen LogP contribution in [0.5, 0.6) is 0 Å². The summed E-state index contributed by atoms with van der Waals surface area (Å²) < 4.78 is 67.3. The van der Waals surface area contributed by atoms with E-state index in [9.17, 15) is 4.39 Å². The smallest absolute Gasteiger partial charge is 1.00 e. The number of aryl methyl sites for hydroxylation is 6. The Hall–Kier alpha value is -0.191. The topological polar surface area (TPSA) is 228 Å². The molecule has 0 aliphatic carbocycles. The summed E-state index contributed by atoms with van der Waals surface area (Å²) in [6.07, 6.45) is 2.69. The first-order valence-electron chi connectivity index (χ1n) is 29.3. The largest absolute Gasteiger partial charge is 1.00 e. The van der Waals surface area contributed by atoms with Crippen LogP contribution < -0.4 is 159 Å². The molecule has 0 saturated carbocycles. The van der Waals surface area contributed by atoms with Gasteiger partial charge in [0, 0.05) is 78.3 Å². The van der Waals surface area contributed by atoms with E-state index in [1.807, 2.05) is 108 Å². The molecule has 3 N–H and O–H groups in total. The Balaban J connectivity index is -0.00000107. The molecule has 3 saturated heterocycles. The van der Waals surface area contributed by atoms with Crippen LogP contribution in [0.3, 0.4) is 0 Å². The van der Waals surface area contributed by atoms with Crippen LogP contribution in [0.15, 0.2) is 60.7 Å². The molecule has 3 aliphatic heterocycles. The van der Waals surface area contributed by atoms with Crippen LogP contribution >= 0.6 is 15.9 Å². The van der Waals surface area contributed by atoms with Gasteiger partial charge in [-0.15, -0.1) is 0 Å². The van der Waals surface area contributed by atoms with Gasteiger partial charge in [0.25, 0.3) is 6.47 Å². The zero-order valence-corrected chi connectivity index (χ0v) is 69.8. The van der Waals surface area contributed by atoms with Gasteiger partial charge in [-0.2, -0.15) is 15.3 Å². The average molecular weight is 1530 g/mol. The van der Waals surface area contributed by atoms with Crippen molar-refractivity contribution in [2.45, 2.75) is 218 Å². The van der Waals surface area contributed by atoms with Gasteiger partial charge in [-0.25, -0.2) is 0 Å². The minimum atomic E-state index is -1.00. The number of carbonyl (C=O) groups excluding carboxylic acids is 1. The second-order valence-electron chi connectivity index (χ2n) is 23.3. The molecule has 26 heteroatoms. The van der Waals surface area contributed by atoms with Crippen LogP contribution in [0.4, 0.5) is 4.39 Å². The number of hydrogen-bond donors (Lipinski definition) is 3. The Morgan fingerprint density at radius 3 is 1.23 bits per heavy atom. The number of ether oxygens (including phenoxy) is 2. The molecule has 3 fully saturated rings. The summed E-state index contributed by atoms with van der Waals surface area (Å²) in [5.41, 5.74) is 9.58. The first-order chi connectivity index (χ1) is 39.8. The zero-order chi connectivity index (χ0) is 64.4. The molecule has 0 amide bonds. The summed E-state index contributed by atoms with van der Waals surface area (Å²) in [6.45, 7) is 43.1. The van der Waals surface area contributed by atoms with Crippen LogP contribution in [-0.2, 0) is 73.4 Å². The first kappa shape index (κ1) is 86.8. The quantitative estimate of drug-likeness (QED) is 0.0286. The molecule has 6 heterocycles. The summed E-state index contributed by atoms with van der Waals surface area (Å²) in [5, 5.41) is 42.3. The number of halogens is 2. The number of nitrogens with one attached hydrogen (secondary N) is 1. The monoisotopic (exact) mass is 1530 g/mol. The van der Waals surface area contributed by atoms with Crippen LogP contribution in [0, 0.1) is 41.5 Å². The Kier molecular flexibility index (Phi) is 42.9. The van der Waals surface area contributed by atoms with Crippen LogP contribution in [-0.4, -0.2) is 140 Å². The number of carbonyl (C=O) groups is 1. The summed E-state index contributed by atoms with van der Waals surface area (Å²) >= 11 is 3.36. The van der Waals surface area contributed by atoms with Gasteiger partial charge in [-0.05, 0) is 162 Å². The fourth-order valence-electron chi connectivity index (χ4n) is 8.55. The van der Waals surface area contributed by atoms with E-state index in [-0.39, 0.29) is 221 Å². The van der Waals surface area contributed by atoms with Crippen molar-refractivity contribution in [3.63, 3.8) is 0 Å². The third kappa shape index (κ3) is 27.2. The Morgan fingerprint density at radius 2 is 0.943 bits per heavy atom. The Labute approximate surface area is 651 Å². The number of aromatic nitrogens is 6. The molecule has 0 radical (unpaired) electrons. The zero-order valence-electron chi connectivity index (χ0n) is 57.7. The van der Waals surface area contributed by atoms with E-state index < -0.39 is 7.15 Å². The van der Waals surface area contributed by atoms with Gasteiger partial charge < -0.3 is 59.2 Å². The predicted octanol–water partition coefficient (Wildman–Crippen LogP) is 2.68. The number of H-pyrrole nitrogens is 1. The SMILES string of the molecule is BrCCCOCc1ccccc1.C.CCO.Cc1n[nH]c(C)c1B1OC(C)(C)C(C)(C)O1.Cc1nn(CCCO)c(C)c1B1OC(C)(C)C(C)(C)O1.Cc1nn(CCCOCc2ccccc2)c(C)c1B1OC(C)(C)C(C)(C)O1.O=CO[O-].[2H]CF.[Cs+].[Cs+].[H-]. The number of nitrogens with zero attached hydrogens (tertiary/aromatic N) is 5. The number of benzene rings is 2. The number of alkyl halides is 2. The van der Waals surface area contributed by atoms with E-state index >= 15 is 0 Å². The van der Waals surface area contributed by atoms with Crippen LogP contribution in [0.2, 0.25) is 0 Å². The minimum Gasteiger partial charge on any atom is -1.00 e. The maximum atomic E-state index is 9.96. The fourth-order valence-corrected chi connectivity index (χ4v) is 8.78. The summed E-state index contributed by atoms with van der Waals surface area (Å²) in [6, 6.07) is 20.5. The third-order valence-corrected chi connectivity index (χ3v) is 16.0. The molecular formula is C61H103B3BrCs2FN6O13. The maximum Gasteiger partial charge on any atom is 1.00 e. The molecule has 19 nitrogen and oxygen atoms in total. The van der Waals surface area contributed by atoms with E-state index in [0.29, 0.717) is 26.2 Å². The second kappa shape index (κ2) is 43.0. The van der Waals surface area contributed by atoms with E-state index in [0.717, 1.165) is 88.5 Å². The van der Waals surface area contributed by atoms with Crippen molar-refractivity contribution >= 4 is 60.1 Å². The van der Waals surface area contributed by atoms with Crippen molar-refractivity contribution in [1.29, 1.82) is 0 Å². The molecule has 0 bridgehead atoms. The maximum absolute atomic E-state index is 9.96. The second-order valence-corrected chi connectivity index (χ2v) is 24.1. The van der Waals surface area contributed by atoms with Crippen molar-refractivity contribution < 1.29 is 208 Å².